The Balaban J connectivity index is 1.94. The molecule has 0 aliphatic carbocycles. The van der Waals surface area contributed by atoms with E-state index in [2.05, 4.69) is 15.0 Å². The first-order chi connectivity index (χ1) is 12.5. The highest BCUT2D eigenvalue weighted by Gasteiger charge is 2.10. The Bertz CT molecular complexity index is 785. The molecule has 138 valence electrons. The van der Waals surface area contributed by atoms with Crippen molar-refractivity contribution in [3.05, 3.63) is 52.0 Å². The van der Waals surface area contributed by atoms with Gasteiger partial charge in [0.1, 0.15) is 12.4 Å². The maximum Gasteiger partial charge on any atom is 0.307 e. The van der Waals surface area contributed by atoms with Crippen molar-refractivity contribution in [3.63, 3.8) is 0 Å². The number of nitrogens with zero attached hydrogens (tertiary/aromatic N) is 1. The molecule has 1 amide bonds. The second-order valence-electron chi connectivity index (χ2n) is 5.71. The third-order valence-electron chi connectivity index (χ3n) is 3.46. The van der Waals surface area contributed by atoms with Crippen molar-refractivity contribution in [2.75, 3.05) is 7.11 Å². The third kappa shape index (κ3) is 6.33. The molecule has 1 aromatic heterocycles. The number of carbonyl (C=O) groups is 2. The number of aromatic nitrogens is 1. The number of para-hydroxylation sites is 1. The lowest BCUT2D eigenvalue weighted by Crippen LogP contribution is -2.33. The topological polar surface area (TPSA) is 77.5 Å². The normalized spacial score (nSPS) is 12.0. The van der Waals surface area contributed by atoms with Gasteiger partial charge in [0.05, 0.1) is 24.2 Å². The molecule has 0 saturated carbocycles. The molecule has 1 unspecified atom stereocenters. The monoisotopic (exact) mass is 374 g/mol. The molecule has 0 radical (unpaired) electrons. The van der Waals surface area contributed by atoms with Gasteiger partial charge in [-0.05, 0) is 26.0 Å². The summed E-state index contributed by atoms with van der Waals surface area (Å²) < 4.78 is 10.4. The van der Waals surface area contributed by atoms with Crippen LogP contribution in [0, 0.1) is 6.92 Å². The van der Waals surface area contributed by atoms with Gasteiger partial charge in [0.25, 0.3) is 0 Å². The first kappa shape index (κ1) is 19.7. The quantitative estimate of drug-likeness (QED) is 0.567. The number of aryl methyl sites for hydroxylation is 1. The lowest BCUT2D eigenvalue weighted by molar-refractivity contribution is -0.141. The number of benzene rings is 1. The molecular weight excluding hydrogens is 352 g/mol. The minimum atomic E-state index is -0.363. The van der Waals surface area contributed by atoms with Crippen molar-refractivity contribution in [1.82, 2.24) is 10.3 Å². The van der Waals surface area contributed by atoms with E-state index >= 15 is 0 Å². The molecule has 1 N–H and O–H groups in total. The van der Waals surface area contributed by atoms with E-state index in [-0.39, 0.29) is 24.3 Å². The minimum absolute atomic E-state index is 0.128. The average Bonchev–Trinajstić information content (AvgIpc) is 3.03. The van der Waals surface area contributed by atoms with Crippen LogP contribution >= 0.6 is 11.3 Å². The lowest BCUT2D eigenvalue weighted by atomic mass is 10.2. The molecule has 7 heteroatoms. The zero-order chi connectivity index (χ0) is 18.9. The first-order valence-corrected chi connectivity index (χ1v) is 9.04. The number of nitrogens with one attached hydrogen (secondary N) is 1. The van der Waals surface area contributed by atoms with Gasteiger partial charge in [0.2, 0.25) is 5.91 Å². The second-order valence-corrected chi connectivity index (χ2v) is 6.77. The molecule has 2 aromatic rings. The van der Waals surface area contributed by atoms with Crippen LogP contribution in [0.15, 0.2) is 35.7 Å². The maximum absolute atomic E-state index is 12.0. The van der Waals surface area contributed by atoms with Crippen molar-refractivity contribution in [2.24, 2.45) is 0 Å². The van der Waals surface area contributed by atoms with Crippen LogP contribution in [-0.2, 0) is 20.9 Å². The van der Waals surface area contributed by atoms with Gasteiger partial charge in [-0.2, -0.15) is 0 Å². The number of thiazole rings is 1. The summed E-state index contributed by atoms with van der Waals surface area (Å²) in [7, 11) is 1.32. The molecule has 0 saturated heterocycles. The van der Waals surface area contributed by atoms with E-state index in [0.29, 0.717) is 12.4 Å². The van der Waals surface area contributed by atoms with Crippen LogP contribution < -0.4 is 10.1 Å². The molecule has 0 fully saturated rings. The summed E-state index contributed by atoms with van der Waals surface area (Å²) in [6, 6.07) is 7.15. The fraction of sp³-hybridized carbons (Fsp3) is 0.316. The van der Waals surface area contributed by atoms with E-state index in [1.165, 1.54) is 13.2 Å². The highest BCUT2D eigenvalue weighted by molar-refractivity contribution is 7.09. The van der Waals surface area contributed by atoms with Crippen LogP contribution in [0.1, 0.15) is 29.6 Å². The lowest BCUT2D eigenvalue weighted by Gasteiger charge is -2.11. The van der Waals surface area contributed by atoms with Gasteiger partial charge in [-0.1, -0.05) is 18.2 Å². The maximum atomic E-state index is 12.0. The van der Waals surface area contributed by atoms with Gasteiger partial charge in [0.15, 0.2) is 0 Å². The molecular formula is C19H22N2O4S. The predicted octanol–water partition coefficient (Wildman–Crippen LogP) is 3.11. The summed E-state index contributed by atoms with van der Waals surface area (Å²) in [5, 5.41) is 5.68. The van der Waals surface area contributed by atoms with E-state index in [0.717, 1.165) is 16.3 Å². The van der Waals surface area contributed by atoms with Crippen molar-refractivity contribution in [3.8, 4) is 5.75 Å². The fourth-order valence-electron chi connectivity index (χ4n) is 2.22. The molecule has 26 heavy (non-hydrogen) atoms. The van der Waals surface area contributed by atoms with Gasteiger partial charge < -0.3 is 14.8 Å². The summed E-state index contributed by atoms with van der Waals surface area (Å²) in [4.78, 5) is 27.6. The summed E-state index contributed by atoms with van der Waals surface area (Å²) in [6.07, 6.45) is 3.23. The van der Waals surface area contributed by atoms with Gasteiger partial charge in [-0.15, -0.1) is 11.3 Å². The van der Waals surface area contributed by atoms with E-state index in [9.17, 15) is 9.59 Å². The Morgan fingerprint density at radius 2 is 2.12 bits per heavy atom. The van der Waals surface area contributed by atoms with Gasteiger partial charge in [0, 0.05) is 23.1 Å². The number of carbonyl (C=O) groups excluding carboxylic acids is 2. The molecule has 1 heterocycles. The van der Waals surface area contributed by atoms with E-state index in [4.69, 9.17) is 4.74 Å². The summed E-state index contributed by atoms with van der Waals surface area (Å²) >= 11 is 1.58. The van der Waals surface area contributed by atoms with Gasteiger partial charge >= 0.3 is 5.97 Å². The van der Waals surface area contributed by atoms with Crippen LogP contribution in [0.3, 0.4) is 0 Å². The molecule has 2 rings (SSSR count). The second kappa shape index (κ2) is 9.72. The van der Waals surface area contributed by atoms with Crippen LogP contribution in [0.2, 0.25) is 0 Å². The zero-order valence-electron chi connectivity index (χ0n) is 15.0. The Morgan fingerprint density at radius 3 is 2.81 bits per heavy atom. The van der Waals surface area contributed by atoms with Crippen LogP contribution in [0.5, 0.6) is 5.75 Å². The first-order valence-electron chi connectivity index (χ1n) is 8.16. The number of hydrogen-bond donors (Lipinski definition) is 1. The number of ether oxygens (including phenoxy) is 2. The largest absolute Gasteiger partial charge is 0.487 e. The summed E-state index contributed by atoms with van der Waals surface area (Å²) in [5.41, 5.74) is 1.66. The predicted molar refractivity (Wildman–Crippen MR) is 101 cm³/mol. The van der Waals surface area contributed by atoms with Crippen LogP contribution in [0.25, 0.3) is 6.08 Å². The van der Waals surface area contributed by atoms with Crippen molar-refractivity contribution >= 4 is 29.3 Å². The molecule has 0 aliphatic rings. The van der Waals surface area contributed by atoms with Crippen molar-refractivity contribution in [2.45, 2.75) is 32.9 Å². The highest BCUT2D eigenvalue weighted by atomic mass is 32.1. The third-order valence-corrected chi connectivity index (χ3v) is 4.29. The number of amides is 1. The highest BCUT2D eigenvalue weighted by Crippen LogP contribution is 2.21. The summed E-state index contributed by atoms with van der Waals surface area (Å²) in [6.45, 7) is 4.07. The number of hydrogen-bond acceptors (Lipinski definition) is 6. The molecule has 0 aliphatic heterocycles. The van der Waals surface area contributed by atoms with Crippen LogP contribution in [0.4, 0.5) is 0 Å². The van der Waals surface area contributed by atoms with Crippen LogP contribution in [-0.4, -0.2) is 30.0 Å². The smallest absolute Gasteiger partial charge is 0.307 e. The van der Waals surface area contributed by atoms with E-state index in [1.54, 1.807) is 24.3 Å². The van der Waals surface area contributed by atoms with Gasteiger partial charge in [-0.25, -0.2) is 4.98 Å². The Morgan fingerprint density at radius 1 is 1.35 bits per heavy atom. The number of methoxy groups -OCH3 is 1. The minimum Gasteiger partial charge on any atom is -0.487 e. The van der Waals surface area contributed by atoms with E-state index < -0.39 is 0 Å². The average molecular weight is 374 g/mol. The Labute approximate surface area is 156 Å². The molecule has 1 atom stereocenters. The SMILES string of the molecule is COC(=O)CC(C)NC(=O)/C=C/c1ccccc1OCc1csc(C)n1. The van der Waals surface area contributed by atoms with Gasteiger partial charge in [-0.3, -0.25) is 9.59 Å². The number of rotatable bonds is 8. The molecule has 1 aromatic carbocycles. The number of esters is 1. The van der Waals surface area contributed by atoms with Crippen molar-refractivity contribution in [1.29, 1.82) is 0 Å². The Hall–Kier alpha value is -2.67. The Kier molecular flexibility index (Phi) is 7.35. The molecule has 6 nitrogen and oxygen atoms in total. The standard InChI is InChI=1S/C19H22N2O4S/c1-13(10-19(23)24-3)20-18(22)9-8-15-6-4-5-7-17(15)25-11-16-12-26-14(2)21-16/h4-9,12-13H,10-11H2,1-3H3,(H,20,22)/b9-8+. The van der Waals surface area contributed by atoms with E-state index in [1.807, 2.05) is 36.6 Å². The zero-order valence-corrected chi connectivity index (χ0v) is 15.8. The molecule has 0 spiro atoms. The van der Waals surface area contributed by atoms with Crippen molar-refractivity contribution < 1.29 is 19.1 Å². The fourth-order valence-corrected chi connectivity index (χ4v) is 2.81. The summed E-state index contributed by atoms with van der Waals surface area (Å²) in [5.74, 6) is 0.0222. The molecule has 0 bridgehead atoms.